The third kappa shape index (κ3) is 3.46. The minimum Gasteiger partial charge on any atom is -0.383 e. The average molecular weight is 237 g/mol. The minimum atomic E-state index is 0.730. The summed E-state index contributed by atoms with van der Waals surface area (Å²) < 4.78 is 7.26. The molecule has 1 heterocycles. The van der Waals surface area contributed by atoms with E-state index >= 15 is 0 Å². The molecule has 1 N–H and O–H groups in total. The van der Waals surface area contributed by atoms with Crippen LogP contribution < -0.4 is 5.32 Å². The number of hydrogen-bond acceptors (Lipinski definition) is 3. The van der Waals surface area contributed by atoms with Gasteiger partial charge in [-0.2, -0.15) is 0 Å². The monoisotopic (exact) mass is 237 g/mol. The van der Waals surface area contributed by atoms with E-state index in [1.807, 2.05) is 6.92 Å². The summed E-state index contributed by atoms with van der Waals surface area (Å²) in [6.07, 6.45) is 7.60. The fourth-order valence-electron chi connectivity index (χ4n) is 2.50. The summed E-state index contributed by atoms with van der Waals surface area (Å²) in [4.78, 5) is 4.52. The molecule has 0 amide bonds. The van der Waals surface area contributed by atoms with Gasteiger partial charge >= 0.3 is 0 Å². The molecule has 0 aromatic carbocycles. The van der Waals surface area contributed by atoms with Crippen molar-refractivity contribution in [1.29, 1.82) is 0 Å². The van der Waals surface area contributed by atoms with E-state index in [0.29, 0.717) is 0 Å². The maximum atomic E-state index is 5.11. The zero-order chi connectivity index (χ0) is 12.1. The van der Waals surface area contributed by atoms with Gasteiger partial charge in [0.2, 0.25) is 5.95 Å². The molecule has 1 fully saturated rings. The molecule has 1 saturated carbocycles. The highest BCUT2D eigenvalue weighted by atomic mass is 16.5. The van der Waals surface area contributed by atoms with E-state index < -0.39 is 0 Å². The quantitative estimate of drug-likeness (QED) is 0.826. The molecule has 4 nitrogen and oxygen atoms in total. The van der Waals surface area contributed by atoms with Crippen LogP contribution in [0.4, 0.5) is 5.95 Å². The van der Waals surface area contributed by atoms with Crippen LogP contribution in [0.2, 0.25) is 0 Å². The Morgan fingerprint density at radius 1 is 1.47 bits per heavy atom. The van der Waals surface area contributed by atoms with E-state index in [2.05, 4.69) is 21.1 Å². The maximum absolute atomic E-state index is 5.11. The van der Waals surface area contributed by atoms with Gasteiger partial charge in [0.05, 0.1) is 12.3 Å². The van der Waals surface area contributed by atoms with Gasteiger partial charge < -0.3 is 14.6 Å². The number of methoxy groups -OCH3 is 1. The lowest BCUT2D eigenvalue weighted by molar-refractivity contribution is 0.187. The van der Waals surface area contributed by atoms with E-state index in [4.69, 9.17) is 4.74 Å². The SMILES string of the molecule is COCCn1cc(C)nc1NCC1CCCC1. The molecule has 0 aliphatic heterocycles. The van der Waals surface area contributed by atoms with E-state index in [-0.39, 0.29) is 0 Å². The van der Waals surface area contributed by atoms with Crippen molar-refractivity contribution >= 4 is 5.95 Å². The lowest BCUT2D eigenvalue weighted by Gasteiger charge is -2.12. The molecule has 2 rings (SSSR count). The second kappa shape index (κ2) is 6.05. The largest absolute Gasteiger partial charge is 0.383 e. The molecule has 1 aliphatic rings. The third-order valence-electron chi connectivity index (χ3n) is 3.46. The van der Waals surface area contributed by atoms with Crippen molar-refractivity contribution in [2.45, 2.75) is 39.2 Å². The van der Waals surface area contributed by atoms with Crippen molar-refractivity contribution in [3.05, 3.63) is 11.9 Å². The number of ether oxygens (including phenoxy) is 1. The highest BCUT2D eigenvalue weighted by molar-refractivity contribution is 5.28. The highest BCUT2D eigenvalue weighted by Crippen LogP contribution is 2.24. The van der Waals surface area contributed by atoms with Gasteiger partial charge in [-0.1, -0.05) is 12.8 Å². The summed E-state index contributed by atoms with van der Waals surface area (Å²) in [6.45, 7) is 4.69. The van der Waals surface area contributed by atoms with Crippen LogP contribution in [0, 0.1) is 12.8 Å². The number of imidazole rings is 1. The summed E-state index contributed by atoms with van der Waals surface area (Å²) >= 11 is 0. The van der Waals surface area contributed by atoms with Crippen LogP contribution in [0.3, 0.4) is 0 Å². The summed E-state index contributed by atoms with van der Waals surface area (Å²) in [5.74, 6) is 1.83. The Hall–Kier alpha value is -1.03. The Kier molecular flexibility index (Phi) is 4.42. The maximum Gasteiger partial charge on any atom is 0.203 e. The number of hydrogen-bond donors (Lipinski definition) is 1. The Labute approximate surface area is 103 Å². The van der Waals surface area contributed by atoms with Crippen molar-refractivity contribution in [1.82, 2.24) is 9.55 Å². The number of nitrogens with one attached hydrogen (secondary N) is 1. The smallest absolute Gasteiger partial charge is 0.203 e. The molecule has 0 saturated heterocycles. The Bertz CT molecular complexity index is 342. The molecule has 0 atom stereocenters. The predicted octanol–water partition coefficient (Wildman–Crippen LogP) is 2.44. The molecular weight excluding hydrogens is 214 g/mol. The first-order valence-corrected chi connectivity index (χ1v) is 6.56. The molecule has 4 heteroatoms. The molecule has 17 heavy (non-hydrogen) atoms. The number of aromatic nitrogens is 2. The molecular formula is C13H23N3O. The minimum absolute atomic E-state index is 0.730. The Morgan fingerprint density at radius 3 is 2.94 bits per heavy atom. The van der Waals surface area contributed by atoms with E-state index in [1.165, 1.54) is 25.7 Å². The van der Waals surface area contributed by atoms with Crippen LogP contribution in [0.5, 0.6) is 0 Å². The molecule has 0 unspecified atom stereocenters. The van der Waals surface area contributed by atoms with Gasteiger partial charge in [-0.25, -0.2) is 4.98 Å². The topological polar surface area (TPSA) is 39.1 Å². The number of aryl methyl sites for hydroxylation is 1. The second-order valence-electron chi connectivity index (χ2n) is 4.92. The molecule has 0 bridgehead atoms. The van der Waals surface area contributed by atoms with Gasteiger partial charge in [0.25, 0.3) is 0 Å². The van der Waals surface area contributed by atoms with Crippen LogP contribution >= 0.6 is 0 Å². The fraction of sp³-hybridized carbons (Fsp3) is 0.769. The molecule has 1 aliphatic carbocycles. The second-order valence-corrected chi connectivity index (χ2v) is 4.92. The Balaban J connectivity index is 1.89. The van der Waals surface area contributed by atoms with Gasteiger partial charge in [0, 0.05) is 26.4 Å². The van der Waals surface area contributed by atoms with Crippen molar-refractivity contribution in [2.24, 2.45) is 5.92 Å². The number of rotatable bonds is 6. The molecule has 0 spiro atoms. The summed E-state index contributed by atoms with van der Waals surface area (Å²) in [5, 5.41) is 3.48. The van der Waals surface area contributed by atoms with Gasteiger partial charge in [-0.3, -0.25) is 0 Å². The van der Waals surface area contributed by atoms with Gasteiger partial charge in [0.15, 0.2) is 0 Å². The number of anilines is 1. The van der Waals surface area contributed by atoms with Crippen LogP contribution in [0.15, 0.2) is 6.20 Å². The van der Waals surface area contributed by atoms with Crippen LogP contribution in [0.1, 0.15) is 31.4 Å². The van der Waals surface area contributed by atoms with Crippen LogP contribution in [0.25, 0.3) is 0 Å². The molecule has 96 valence electrons. The number of nitrogens with zero attached hydrogens (tertiary/aromatic N) is 2. The van der Waals surface area contributed by atoms with Crippen LogP contribution in [-0.4, -0.2) is 29.8 Å². The van der Waals surface area contributed by atoms with Gasteiger partial charge in [0.1, 0.15) is 0 Å². The summed E-state index contributed by atoms with van der Waals surface area (Å²) in [5.41, 5.74) is 1.06. The third-order valence-corrected chi connectivity index (χ3v) is 3.46. The highest BCUT2D eigenvalue weighted by Gasteiger charge is 2.15. The zero-order valence-electron chi connectivity index (χ0n) is 10.9. The molecule has 0 radical (unpaired) electrons. The Morgan fingerprint density at radius 2 is 2.24 bits per heavy atom. The fourth-order valence-corrected chi connectivity index (χ4v) is 2.50. The van der Waals surface area contributed by atoms with Gasteiger partial charge in [-0.15, -0.1) is 0 Å². The van der Waals surface area contributed by atoms with E-state index in [0.717, 1.165) is 37.3 Å². The first-order chi connectivity index (χ1) is 8.29. The van der Waals surface area contributed by atoms with Crippen molar-refractivity contribution in [3.8, 4) is 0 Å². The summed E-state index contributed by atoms with van der Waals surface area (Å²) in [6, 6.07) is 0. The predicted molar refractivity (Wildman–Crippen MR) is 69.3 cm³/mol. The lowest BCUT2D eigenvalue weighted by atomic mass is 10.1. The lowest BCUT2D eigenvalue weighted by Crippen LogP contribution is -2.15. The first kappa shape index (κ1) is 12.4. The van der Waals surface area contributed by atoms with E-state index in [1.54, 1.807) is 7.11 Å². The average Bonchev–Trinajstić information content (AvgIpc) is 2.93. The molecule has 1 aromatic heterocycles. The standard InChI is InChI=1S/C13H23N3O/c1-11-10-16(7-8-17-2)13(15-11)14-9-12-5-3-4-6-12/h10,12H,3-9H2,1-2H3,(H,14,15). The zero-order valence-corrected chi connectivity index (χ0v) is 10.9. The van der Waals surface area contributed by atoms with Crippen molar-refractivity contribution in [3.63, 3.8) is 0 Å². The first-order valence-electron chi connectivity index (χ1n) is 6.56. The molecule has 1 aromatic rings. The van der Waals surface area contributed by atoms with Gasteiger partial charge in [-0.05, 0) is 25.7 Å². The summed E-state index contributed by atoms with van der Waals surface area (Å²) in [7, 11) is 1.73. The normalized spacial score (nSPS) is 16.6. The van der Waals surface area contributed by atoms with Crippen LogP contribution in [-0.2, 0) is 11.3 Å². The van der Waals surface area contributed by atoms with Crippen molar-refractivity contribution < 1.29 is 4.74 Å². The van der Waals surface area contributed by atoms with Crippen molar-refractivity contribution in [2.75, 3.05) is 25.6 Å². The van der Waals surface area contributed by atoms with E-state index in [9.17, 15) is 0 Å².